The number of aliphatic imine (C=N–C) groups is 1. The average molecular weight is 505 g/mol. The summed E-state index contributed by atoms with van der Waals surface area (Å²) in [6, 6.07) is 0.316. The minimum absolute atomic E-state index is 0. The van der Waals surface area contributed by atoms with Gasteiger partial charge in [0.15, 0.2) is 11.8 Å². The molecule has 28 heavy (non-hydrogen) atoms. The van der Waals surface area contributed by atoms with Crippen LogP contribution in [0, 0.1) is 11.8 Å². The van der Waals surface area contributed by atoms with Crippen LogP contribution >= 0.6 is 24.0 Å². The van der Waals surface area contributed by atoms with Gasteiger partial charge in [-0.05, 0) is 24.7 Å². The van der Waals surface area contributed by atoms with Gasteiger partial charge in [-0.25, -0.2) is 9.67 Å². The zero-order chi connectivity index (χ0) is 19.2. The number of likely N-dealkylation sites (tertiary alicyclic amines) is 1. The molecule has 8 nitrogen and oxygen atoms in total. The largest absolute Gasteiger partial charge is 0.377 e. The first-order valence-corrected chi connectivity index (χ1v) is 10.2. The maximum atomic E-state index is 5.13. The van der Waals surface area contributed by atoms with E-state index >= 15 is 0 Å². The molecule has 3 atom stereocenters. The van der Waals surface area contributed by atoms with E-state index in [4.69, 9.17) is 4.74 Å². The van der Waals surface area contributed by atoms with E-state index in [-0.39, 0.29) is 24.0 Å². The number of nitrogens with zero attached hydrogens (tertiary/aromatic N) is 5. The number of aryl methyl sites for hydroxylation is 1. The molecule has 1 saturated heterocycles. The molecule has 0 spiro atoms. The maximum absolute atomic E-state index is 5.13. The van der Waals surface area contributed by atoms with Gasteiger partial charge >= 0.3 is 0 Å². The van der Waals surface area contributed by atoms with Crippen molar-refractivity contribution in [2.24, 2.45) is 16.8 Å². The lowest BCUT2D eigenvalue weighted by atomic mass is 9.92. The molecule has 160 valence electrons. The Balaban J connectivity index is 0.00000280. The van der Waals surface area contributed by atoms with E-state index in [0.717, 1.165) is 61.9 Å². The molecule has 0 amide bonds. The Bertz CT molecular complexity index is 626. The zero-order valence-electron chi connectivity index (χ0n) is 17.6. The normalized spacial score (nSPS) is 25.7. The molecule has 2 aliphatic rings. The quantitative estimate of drug-likeness (QED) is 0.347. The number of fused-ring (bicyclic) bond motifs is 1. The summed E-state index contributed by atoms with van der Waals surface area (Å²) in [4.78, 5) is 11.5. The molecule has 2 aliphatic heterocycles. The first-order chi connectivity index (χ1) is 13.1. The number of guanidine groups is 1. The van der Waals surface area contributed by atoms with E-state index < -0.39 is 0 Å². The number of aromatic nitrogens is 3. The smallest absolute Gasteiger partial charge is 0.191 e. The van der Waals surface area contributed by atoms with E-state index in [1.54, 1.807) is 7.11 Å². The van der Waals surface area contributed by atoms with Crippen molar-refractivity contribution < 1.29 is 4.74 Å². The fourth-order valence-corrected chi connectivity index (χ4v) is 4.36. The average Bonchev–Trinajstić information content (AvgIpc) is 3.02. The Morgan fingerprint density at radius 3 is 2.68 bits per heavy atom. The monoisotopic (exact) mass is 505 g/mol. The molecule has 0 radical (unpaired) electrons. The van der Waals surface area contributed by atoms with Crippen LogP contribution in [0.2, 0.25) is 0 Å². The van der Waals surface area contributed by atoms with E-state index in [2.05, 4.69) is 44.5 Å². The lowest BCUT2D eigenvalue weighted by Crippen LogP contribution is -2.49. The van der Waals surface area contributed by atoms with Crippen LogP contribution in [0.4, 0.5) is 0 Å². The Hall–Kier alpha value is -0.940. The van der Waals surface area contributed by atoms with Crippen molar-refractivity contribution >= 4 is 29.9 Å². The lowest BCUT2D eigenvalue weighted by molar-refractivity contribution is 0.143. The van der Waals surface area contributed by atoms with Gasteiger partial charge in [-0.15, -0.1) is 24.0 Å². The molecular weight excluding hydrogens is 469 g/mol. The summed E-state index contributed by atoms with van der Waals surface area (Å²) >= 11 is 0. The molecular formula is C19H36IN7O. The van der Waals surface area contributed by atoms with Crippen molar-refractivity contribution in [3.63, 3.8) is 0 Å². The third-order valence-corrected chi connectivity index (χ3v) is 5.40. The van der Waals surface area contributed by atoms with Crippen LogP contribution in [-0.4, -0.2) is 72.0 Å². The van der Waals surface area contributed by atoms with Gasteiger partial charge in [-0.2, -0.15) is 5.10 Å². The van der Waals surface area contributed by atoms with E-state index in [9.17, 15) is 0 Å². The van der Waals surface area contributed by atoms with Gasteiger partial charge < -0.3 is 20.3 Å². The van der Waals surface area contributed by atoms with Gasteiger partial charge in [0, 0.05) is 52.8 Å². The van der Waals surface area contributed by atoms with Crippen molar-refractivity contribution in [2.45, 2.75) is 52.3 Å². The van der Waals surface area contributed by atoms with Gasteiger partial charge in [0.05, 0.1) is 6.54 Å². The SMILES string of the molecule is CN=C(NCCN1CC(C)CC(C)C1)NC1CCc2nc(COC)nn2C1.I. The molecule has 0 aromatic carbocycles. The molecule has 1 fully saturated rings. The maximum Gasteiger partial charge on any atom is 0.191 e. The highest BCUT2D eigenvalue weighted by atomic mass is 127. The van der Waals surface area contributed by atoms with E-state index in [1.165, 1.54) is 19.5 Å². The molecule has 3 rings (SSSR count). The zero-order valence-corrected chi connectivity index (χ0v) is 20.0. The molecule has 3 unspecified atom stereocenters. The summed E-state index contributed by atoms with van der Waals surface area (Å²) in [7, 11) is 3.51. The van der Waals surface area contributed by atoms with Crippen molar-refractivity contribution in [3.05, 3.63) is 11.6 Å². The molecule has 0 bridgehead atoms. The van der Waals surface area contributed by atoms with Gasteiger partial charge in [-0.1, -0.05) is 13.8 Å². The predicted molar refractivity (Wildman–Crippen MR) is 122 cm³/mol. The molecule has 1 aromatic rings. The van der Waals surface area contributed by atoms with Crippen molar-refractivity contribution in [1.82, 2.24) is 30.3 Å². The summed E-state index contributed by atoms with van der Waals surface area (Å²) < 4.78 is 7.13. The Morgan fingerprint density at radius 2 is 2.00 bits per heavy atom. The van der Waals surface area contributed by atoms with Crippen LogP contribution in [0.1, 0.15) is 38.3 Å². The van der Waals surface area contributed by atoms with Crippen LogP contribution in [0.5, 0.6) is 0 Å². The van der Waals surface area contributed by atoms with E-state index in [1.807, 2.05) is 11.7 Å². The third kappa shape index (κ3) is 6.55. The van der Waals surface area contributed by atoms with Crippen LogP contribution in [0.25, 0.3) is 0 Å². The summed E-state index contributed by atoms with van der Waals surface area (Å²) in [6.45, 7) is 10.4. The minimum atomic E-state index is 0. The molecule has 0 saturated carbocycles. The second kappa shape index (κ2) is 11.3. The fraction of sp³-hybridized carbons (Fsp3) is 0.842. The third-order valence-electron chi connectivity index (χ3n) is 5.40. The standard InChI is InChI=1S/C19H35N7O.HI/c1-14-9-15(2)11-25(10-14)8-7-21-19(20-3)22-16-5-6-18-23-17(13-27-4)24-26(18)12-16;/h14-16H,5-13H2,1-4H3,(H2,20,21,22);1H. The number of halogens is 1. The number of nitrogens with one attached hydrogen (secondary N) is 2. The van der Waals surface area contributed by atoms with Gasteiger partial charge in [0.25, 0.3) is 0 Å². The number of piperidine rings is 1. The highest BCUT2D eigenvalue weighted by molar-refractivity contribution is 14.0. The predicted octanol–water partition coefficient (Wildman–Crippen LogP) is 1.50. The van der Waals surface area contributed by atoms with Crippen LogP contribution in [-0.2, 0) is 24.3 Å². The number of hydrogen-bond acceptors (Lipinski definition) is 5. The highest BCUT2D eigenvalue weighted by Crippen LogP contribution is 2.20. The molecule has 3 heterocycles. The Labute approximate surface area is 185 Å². The Morgan fingerprint density at radius 1 is 1.25 bits per heavy atom. The first-order valence-electron chi connectivity index (χ1n) is 10.2. The first kappa shape index (κ1) is 23.3. The van der Waals surface area contributed by atoms with Crippen molar-refractivity contribution in [3.8, 4) is 0 Å². The molecule has 9 heteroatoms. The molecule has 1 aromatic heterocycles. The van der Waals surface area contributed by atoms with Gasteiger partial charge in [-0.3, -0.25) is 4.99 Å². The number of rotatable bonds is 6. The Kier molecular flexibility index (Phi) is 9.42. The summed E-state index contributed by atoms with van der Waals surface area (Å²) in [5, 5.41) is 11.6. The number of methoxy groups -OCH3 is 1. The van der Waals surface area contributed by atoms with Crippen molar-refractivity contribution in [1.29, 1.82) is 0 Å². The molecule has 0 aliphatic carbocycles. The summed E-state index contributed by atoms with van der Waals surface area (Å²) in [5.74, 6) is 4.29. The molecule has 2 N–H and O–H groups in total. The number of ether oxygens (including phenoxy) is 1. The van der Waals surface area contributed by atoms with Crippen LogP contribution < -0.4 is 10.6 Å². The topological polar surface area (TPSA) is 79.6 Å². The summed E-state index contributed by atoms with van der Waals surface area (Å²) in [5.41, 5.74) is 0. The fourth-order valence-electron chi connectivity index (χ4n) is 4.36. The van der Waals surface area contributed by atoms with Gasteiger partial charge in [0.2, 0.25) is 0 Å². The highest BCUT2D eigenvalue weighted by Gasteiger charge is 2.23. The van der Waals surface area contributed by atoms with E-state index in [0.29, 0.717) is 12.6 Å². The second-order valence-corrected chi connectivity index (χ2v) is 8.14. The summed E-state index contributed by atoms with van der Waals surface area (Å²) in [6.07, 6.45) is 3.31. The van der Waals surface area contributed by atoms with Crippen molar-refractivity contribution in [2.75, 3.05) is 40.3 Å². The number of hydrogen-bond donors (Lipinski definition) is 2. The minimum Gasteiger partial charge on any atom is -0.377 e. The lowest BCUT2D eigenvalue weighted by Gasteiger charge is -2.35. The second-order valence-electron chi connectivity index (χ2n) is 8.14. The van der Waals surface area contributed by atoms with Crippen LogP contribution in [0.3, 0.4) is 0 Å². The van der Waals surface area contributed by atoms with Gasteiger partial charge in [0.1, 0.15) is 12.4 Å². The van der Waals surface area contributed by atoms with Crippen LogP contribution in [0.15, 0.2) is 4.99 Å².